The molecule has 22 heavy (non-hydrogen) atoms. The second kappa shape index (κ2) is 6.74. The lowest BCUT2D eigenvalue weighted by atomic mass is 10.0. The van der Waals surface area contributed by atoms with Crippen LogP contribution in [0.15, 0.2) is 42.1 Å². The van der Waals surface area contributed by atoms with Gasteiger partial charge in [0.15, 0.2) is 0 Å². The van der Waals surface area contributed by atoms with Crippen LogP contribution in [0.3, 0.4) is 0 Å². The van der Waals surface area contributed by atoms with Gasteiger partial charge in [-0.25, -0.2) is 14.5 Å². The number of nitriles is 1. The predicted octanol–water partition coefficient (Wildman–Crippen LogP) is 4.42. The molecule has 2 aromatic carbocycles. The molecule has 0 heterocycles. The van der Waals surface area contributed by atoms with Gasteiger partial charge >= 0.3 is 0 Å². The Morgan fingerprint density at radius 2 is 1.95 bits per heavy atom. The Hall–Kier alpha value is -2.85. The Kier molecular flexibility index (Phi) is 4.76. The predicted molar refractivity (Wildman–Crippen MR) is 88.0 cm³/mol. The van der Waals surface area contributed by atoms with E-state index in [0.717, 1.165) is 22.0 Å². The van der Waals surface area contributed by atoms with E-state index in [0.29, 0.717) is 12.1 Å². The van der Waals surface area contributed by atoms with Gasteiger partial charge in [0.25, 0.3) is 5.70 Å². The summed E-state index contributed by atoms with van der Waals surface area (Å²) >= 11 is 0. The summed E-state index contributed by atoms with van der Waals surface area (Å²) < 4.78 is 12.4. The van der Waals surface area contributed by atoms with E-state index >= 15 is 0 Å². The van der Waals surface area contributed by atoms with Crippen LogP contribution in [0.4, 0.5) is 10.1 Å². The Morgan fingerprint density at radius 1 is 1.27 bits per heavy atom. The van der Waals surface area contributed by atoms with Crippen LogP contribution in [0, 0.1) is 17.9 Å². The lowest BCUT2D eigenvalue weighted by Crippen LogP contribution is -2.19. The fourth-order valence-corrected chi connectivity index (χ4v) is 2.29. The summed E-state index contributed by atoms with van der Waals surface area (Å²) in [4.78, 5) is 5.11. The molecule has 2 rings (SSSR count). The number of rotatable bonds is 4. The maximum absolute atomic E-state index is 12.4. The first kappa shape index (κ1) is 15.5. The molecule has 0 saturated carbocycles. The molecule has 0 fully saturated rings. The van der Waals surface area contributed by atoms with Gasteiger partial charge in [-0.3, -0.25) is 0 Å². The van der Waals surface area contributed by atoms with E-state index in [9.17, 15) is 4.39 Å². The van der Waals surface area contributed by atoms with Crippen molar-refractivity contribution in [1.82, 2.24) is 0 Å². The van der Waals surface area contributed by atoms with E-state index in [1.165, 1.54) is 0 Å². The average Bonchev–Trinajstić information content (AvgIpc) is 2.55. The molecule has 0 aliphatic rings. The van der Waals surface area contributed by atoms with Gasteiger partial charge < -0.3 is 4.90 Å². The summed E-state index contributed by atoms with van der Waals surface area (Å²) in [6.07, 6.45) is 0. The second-order valence-electron chi connectivity index (χ2n) is 5.05. The number of hydrogen-bond donors (Lipinski definition) is 0. The molecule has 0 bridgehead atoms. The number of halogens is 1. The quantitative estimate of drug-likeness (QED) is 0.617. The zero-order valence-electron chi connectivity index (χ0n) is 12.6. The van der Waals surface area contributed by atoms with Crippen LogP contribution in [-0.2, 0) is 0 Å². The molecular weight excluding hydrogens is 276 g/mol. The van der Waals surface area contributed by atoms with Crippen LogP contribution in [0.5, 0.6) is 0 Å². The summed E-state index contributed by atoms with van der Waals surface area (Å²) in [5, 5.41) is 11.0. The van der Waals surface area contributed by atoms with E-state index in [1.54, 1.807) is 6.92 Å². The van der Waals surface area contributed by atoms with Gasteiger partial charge in [-0.2, -0.15) is 0 Å². The van der Waals surface area contributed by atoms with Crippen LogP contribution < -0.4 is 4.90 Å². The molecule has 0 spiro atoms. The Bertz CT molecular complexity index is 793. The van der Waals surface area contributed by atoms with Gasteiger partial charge in [0.1, 0.15) is 6.67 Å². The second-order valence-corrected chi connectivity index (χ2v) is 5.05. The first-order chi connectivity index (χ1) is 10.6. The summed E-state index contributed by atoms with van der Waals surface area (Å²) in [5.41, 5.74) is 2.62. The van der Waals surface area contributed by atoms with Gasteiger partial charge in [-0.05, 0) is 47.0 Å². The zero-order chi connectivity index (χ0) is 16.1. The minimum Gasteiger partial charge on any atom is -0.372 e. The van der Waals surface area contributed by atoms with Crippen molar-refractivity contribution >= 4 is 22.0 Å². The normalized spacial score (nSPS) is 11.5. The number of fused-ring (bicyclic) bond motifs is 1. The van der Waals surface area contributed by atoms with Crippen molar-refractivity contribution < 1.29 is 4.39 Å². The highest BCUT2D eigenvalue weighted by Gasteiger charge is 2.06. The number of allylic oxidation sites excluding steroid dienone is 2. The Labute approximate surface area is 129 Å². The van der Waals surface area contributed by atoms with Crippen LogP contribution in [0.1, 0.15) is 12.5 Å². The van der Waals surface area contributed by atoms with Crippen LogP contribution in [-0.4, -0.2) is 20.3 Å². The van der Waals surface area contributed by atoms with Crippen molar-refractivity contribution in [3.05, 3.63) is 59.1 Å². The summed E-state index contributed by atoms with van der Waals surface area (Å²) in [7, 11) is 1.86. The highest BCUT2D eigenvalue weighted by molar-refractivity contribution is 5.89. The minimum absolute atomic E-state index is 0.110. The number of anilines is 1. The van der Waals surface area contributed by atoms with Crippen molar-refractivity contribution in [2.24, 2.45) is 0 Å². The number of nitrogens with zero attached hydrogens (tertiary/aromatic N) is 3. The van der Waals surface area contributed by atoms with Crippen LogP contribution in [0.25, 0.3) is 21.2 Å². The molecule has 0 aliphatic heterocycles. The molecule has 4 heteroatoms. The monoisotopic (exact) mass is 292 g/mol. The molecule has 0 unspecified atom stereocenters. The summed E-state index contributed by atoms with van der Waals surface area (Å²) in [6, 6.07) is 13.7. The highest BCUT2D eigenvalue weighted by atomic mass is 18.2. The maximum Gasteiger partial charge on any atom is 0.265 e. The first-order valence-electron chi connectivity index (χ1n) is 6.90. The number of benzene rings is 2. The summed E-state index contributed by atoms with van der Waals surface area (Å²) in [5.74, 6) is 0. The van der Waals surface area contributed by atoms with Crippen molar-refractivity contribution in [3.63, 3.8) is 0 Å². The molecule has 3 nitrogen and oxygen atoms in total. The van der Waals surface area contributed by atoms with Gasteiger partial charge in [-0.15, -0.1) is 0 Å². The van der Waals surface area contributed by atoms with Crippen molar-refractivity contribution in [1.29, 1.82) is 5.26 Å². The fraction of sp³-hybridized carbons (Fsp3) is 0.222. The van der Waals surface area contributed by atoms with E-state index in [1.807, 2.05) is 54.4 Å². The maximum atomic E-state index is 12.4. The molecule has 0 aromatic heterocycles. The molecule has 0 atom stereocenters. The molecule has 2 aromatic rings. The Balaban J connectivity index is 2.46. The molecule has 0 saturated heterocycles. The van der Waals surface area contributed by atoms with Crippen LogP contribution in [0.2, 0.25) is 0 Å². The molecule has 110 valence electrons. The lowest BCUT2D eigenvalue weighted by Gasteiger charge is -2.18. The van der Waals surface area contributed by atoms with Crippen LogP contribution >= 0.6 is 0 Å². The zero-order valence-corrected chi connectivity index (χ0v) is 12.6. The van der Waals surface area contributed by atoms with Gasteiger partial charge in [0.2, 0.25) is 0 Å². The van der Waals surface area contributed by atoms with Crippen molar-refractivity contribution in [3.8, 4) is 6.07 Å². The smallest absolute Gasteiger partial charge is 0.265 e. The molecule has 0 amide bonds. The highest BCUT2D eigenvalue weighted by Crippen LogP contribution is 2.26. The van der Waals surface area contributed by atoms with E-state index in [4.69, 9.17) is 11.8 Å². The van der Waals surface area contributed by atoms with E-state index in [-0.39, 0.29) is 12.4 Å². The van der Waals surface area contributed by atoms with E-state index < -0.39 is 0 Å². The van der Waals surface area contributed by atoms with Gasteiger partial charge in [0, 0.05) is 19.3 Å². The Morgan fingerprint density at radius 3 is 2.59 bits per heavy atom. The average molecular weight is 292 g/mol. The third-order valence-corrected chi connectivity index (χ3v) is 3.69. The lowest BCUT2D eigenvalue weighted by molar-refractivity contribution is 0.497. The standard InChI is InChI=1S/C18H16FN3/c1-13(18(12-20)21-2)14-4-5-16-11-17(22(3)9-8-19)7-6-15(16)10-14/h4-7,10-11H,8-9H2,1,3H3/i19-1. The molecule has 0 N–H and O–H groups in total. The third kappa shape index (κ3) is 3.07. The van der Waals surface area contributed by atoms with Gasteiger partial charge in [-0.1, -0.05) is 18.2 Å². The molecule has 0 aliphatic carbocycles. The third-order valence-electron chi connectivity index (χ3n) is 3.69. The van der Waals surface area contributed by atoms with E-state index in [2.05, 4.69) is 4.85 Å². The van der Waals surface area contributed by atoms with Crippen molar-refractivity contribution in [2.75, 3.05) is 25.2 Å². The first-order valence-corrected chi connectivity index (χ1v) is 6.90. The largest absolute Gasteiger partial charge is 0.372 e. The minimum atomic E-state index is -0.384. The molecular formula is C18H16FN3. The molecule has 0 radical (unpaired) electrons. The van der Waals surface area contributed by atoms with Crippen molar-refractivity contribution in [2.45, 2.75) is 6.92 Å². The van der Waals surface area contributed by atoms with Gasteiger partial charge in [0.05, 0.1) is 12.6 Å². The number of hydrogen-bond acceptors (Lipinski definition) is 2. The SMILES string of the molecule is [C-]#[N+]C(C#N)=C(C)c1ccc2cc(N(C)CC[18F])ccc2c1. The fourth-order valence-electron chi connectivity index (χ4n) is 2.29. The topological polar surface area (TPSA) is 31.4 Å². The number of alkyl halides is 1. The summed E-state index contributed by atoms with van der Waals surface area (Å²) in [6.45, 7) is 8.78.